The summed E-state index contributed by atoms with van der Waals surface area (Å²) in [6.07, 6.45) is 12.9. The Morgan fingerprint density at radius 3 is 1.42 bits per heavy atom. The molecule has 1 heterocycles. The number of hydrogen-bond donors (Lipinski definition) is 1. The Labute approximate surface area is 332 Å². The lowest BCUT2D eigenvalue weighted by molar-refractivity contribution is -0.926. The Balaban J connectivity index is -0.000000155. The van der Waals surface area contributed by atoms with Gasteiger partial charge >= 0.3 is 0 Å². The summed E-state index contributed by atoms with van der Waals surface area (Å²) in [5.41, 5.74) is 0. The lowest BCUT2D eigenvalue weighted by Gasteiger charge is -2.37. The Hall–Kier alpha value is -1.81. The molecule has 1 aliphatic heterocycles. The molecule has 0 amide bonds. The van der Waals surface area contributed by atoms with Crippen molar-refractivity contribution in [3.05, 3.63) is 50.6 Å². The molecule has 1 N–H and O–H groups in total. The van der Waals surface area contributed by atoms with E-state index in [4.69, 9.17) is 24.1 Å². The molecule has 0 spiro atoms. The quantitative estimate of drug-likeness (QED) is 0.0753. The number of aliphatic carboxylic acids is 1. The average Bonchev–Trinajstić information content (AvgIpc) is 3.68. The van der Waals surface area contributed by atoms with Crippen LogP contribution in [0.2, 0.25) is 0 Å². The Morgan fingerprint density at radius 1 is 0.755 bits per heavy atom. The smallest absolute Gasteiger partial charge is 0.126 e. The summed E-state index contributed by atoms with van der Waals surface area (Å²) in [5.74, 6) is 2.44. The summed E-state index contributed by atoms with van der Waals surface area (Å²) in [6, 6.07) is 0. The normalized spacial score (nSPS) is 24.0. The van der Waals surface area contributed by atoms with E-state index < -0.39 is 5.97 Å². The molecule has 3 aliphatic rings. The highest BCUT2D eigenvalue weighted by atomic mass is 16.6. The van der Waals surface area contributed by atoms with Crippen LogP contribution in [0, 0.1) is 35.5 Å². The highest BCUT2D eigenvalue weighted by Gasteiger charge is 2.33. The van der Waals surface area contributed by atoms with E-state index >= 15 is 0 Å². The monoisotopic (exact) mass is 759 g/mol. The fourth-order valence-electron chi connectivity index (χ4n) is 6.85. The minimum Gasteiger partial charge on any atom is -0.550 e. The second-order valence-corrected chi connectivity index (χ2v) is 13.5. The summed E-state index contributed by atoms with van der Waals surface area (Å²) in [6.45, 7) is 40.9. The number of carboxylic acid groups (broad SMARTS) is 1. The van der Waals surface area contributed by atoms with Crippen molar-refractivity contribution in [3.63, 3.8) is 0 Å². The number of hydrogen-bond acceptors (Lipinski definition) is 7. The Morgan fingerprint density at radius 2 is 1.13 bits per heavy atom. The largest absolute Gasteiger partial charge is 0.550 e. The maximum atomic E-state index is 10.3. The predicted octanol–water partition coefficient (Wildman–Crippen LogP) is 8.96. The molecule has 8 atom stereocenters. The van der Waals surface area contributed by atoms with Gasteiger partial charge in [0.1, 0.15) is 18.8 Å². The van der Waals surface area contributed by atoms with E-state index in [9.17, 15) is 5.11 Å². The molecule has 0 aromatic carbocycles. The molecule has 1 saturated heterocycles. The molecule has 0 aromatic heterocycles. The maximum absolute atomic E-state index is 10.3. The fourth-order valence-corrected chi connectivity index (χ4v) is 6.85. The standard InChI is InChI=1S/C19H36NO2.C13H20O2.C6H15N.C2H4O2.5CH4/c1-6-16-11-17(7-2)18(12-16)14-22-15-19(21)13-20(8-3,9-4)10-5;1-3-10-5-11(4-2)12(6-10)7-14-8-13-9-15-13;1-4-7(5-2)6-3;1-2(3)4;;;;;/h6-7,16-19,21H,1-2,8-15H2,3-5H3;3-4,10-13H,1-2,5-9H2;4-6H2,1-3H3;1H3,(H,3,4);5*1H4/q+1;;;;;;;;/p-1. The van der Waals surface area contributed by atoms with Crippen LogP contribution in [0.3, 0.4) is 0 Å². The van der Waals surface area contributed by atoms with Crippen LogP contribution in [0.15, 0.2) is 50.6 Å². The third-order valence-electron chi connectivity index (χ3n) is 10.5. The van der Waals surface area contributed by atoms with Gasteiger partial charge in [0.15, 0.2) is 0 Å². The van der Waals surface area contributed by atoms with Crippen LogP contribution in [0.1, 0.15) is 111 Å². The third kappa shape index (κ3) is 27.4. The molecule has 3 rings (SSSR count). The van der Waals surface area contributed by atoms with E-state index in [-0.39, 0.29) is 43.2 Å². The molecule has 2 aliphatic carbocycles. The lowest BCUT2D eigenvalue weighted by Crippen LogP contribution is -2.52. The number of allylic oxidation sites excluding steroid dienone is 4. The van der Waals surface area contributed by atoms with Gasteiger partial charge in [0.2, 0.25) is 0 Å². The van der Waals surface area contributed by atoms with Crippen LogP contribution in [0.4, 0.5) is 0 Å². The average molecular weight is 759 g/mol. The molecule has 0 bridgehead atoms. The molecular formula is C45H94N2O6. The lowest BCUT2D eigenvalue weighted by atomic mass is 9.97. The van der Waals surface area contributed by atoms with Crippen molar-refractivity contribution in [1.82, 2.24) is 4.90 Å². The number of carboxylic acids is 1. The number of likely N-dealkylation sites (N-methyl/N-ethyl adjacent to an activating group) is 1. The number of aliphatic hydroxyl groups excluding tert-OH is 1. The van der Waals surface area contributed by atoms with Crippen molar-refractivity contribution in [1.29, 1.82) is 0 Å². The Bertz CT molecular complexity index is 853. The van der Waals surface area contributed by atoms with Crippen molar-refractivity contribution in [2.45, 2.75) is 123 Å². The van der Waals surface area contributed by atoms with Gasteiger partial charge in [-0.2, -0.15) is 0 Å². The first kappa shape index (κ1) is 63.1. The van der Waals surface area contributed by atoms with Gasteiger partial charge in [0, 0.05) is 5.97 Å². The maximum Gasteiger partial charge on any atom is 0.126 e. The van der Waals surface area contributed by atoms with Gasteiger partial charge in [-0.05, 0) is 109 Å². The number of quaternary nitrogens is 1. The van der Waals surface area contributed by atoms with Gasteiger partial charge < -0.3 is 38.6 Å². The van der Waals surface area contributed by atoms with Crippen LogP contribution in [0.25, 0.3) is 0 Å². The van der Waals surface area contributed by atoms with Crippen molar-refractivity contribution in [2.24, 2.45) is 35.5 Å². The van der Waals surface area contributed by atoms with Gasteiger partial charge in [-0.3, -0.25) is 0 Å². The van der Waals surface area contributed by atoms with Crippen molar-refractivity contribution >= 4 is 5.97 Å². The zero-order chi connectivity index (χ0) is 36.5. The minimum absolute atomic E-state index is 0. The molecular weight excluding hydrogens is 665 g/mol. The molecule has 0 aromatic rings. The van der Waals surface area contributed by atoms with E-state index in [2.05, 4.69) is 97.1 Å². The number of carbonyl (C=O) groups excluding carboxylic acids is 1. The number of nitrogens with zero attached hydrogens (tertiary/aromatic N) is 2. The zero-order valence-corrected chi connectivity index (χ0v) is 32.0. The predicted molar refractivity (Wildman–Crippen MR) is 232 cm³/mol. The van der Waals surface area contributed by atoms with E-state index in [1.165, 1.54) is 32.5 Å². The van der Waals surface area contributed by atoms with Gasteiger partial charge in [-0.15, -0.1) is 26.3 Å². The number of epoxide rings is 1. The minimum atomic E-state index is -1.08. The van der Waals surface area contributed by atoms with Crippen LogP contribution in [-0.4, -0.2) is 112 Å². The second-order valence-electron chi connectivity index (χ2n) is 13.5. The van der Waals surface area contributed by atoms with Crippen LogP contribution in [0.5, 0.6) is 0 Å². The van der Waals surface area contributed by atoms with Crippen LogP contribution < -0.4 is 5.11 Å². The highest BCUT2D eigenvalue weighted by molar-refractivity contribution is 5.60. The summed E-state index contributed by atoms with van der Waals surface area (Å²) in [7, 11) is 0. The first-order valence-electron chi connectivity index (χ1n) is 18.7. The summed E-state index contributed by atoms with van der Waals surface area (Å²) in [4.78, 5) is 11.3. The summed E-state index contributed by atoms with van der Waals surface area (Å²) < 4.78 is 17.6. The molecule has 2 saturated carbocycles. The Kier molecular flexibility index (Phi) is 44.2. The molecule has 8 nitrogen and oxygen atoms in total. The zero-order valence-electron chi connectivity index (χ0n) is 32.0. The molecule has 8 heteroatoms. The molecule has 0 radical (unpaired) electrons. The number of rotatable bonds is 20. The molecule has 53 heavy (non-hydrogen) atoms. The van der Waals surface area contributed by atoms with Crippen LogP contribution in [-0.2, 0) is 19.0 Å². The highest BCUT2D eigenvalue weighted by Crippen LogP contribution is 2.38. The molecule has 320 valence electrons. The summed E-state index contributed by atoms with van der Waals surface area (Å²) >= 11 is 0. The molecule has 3 fully saturated rings. The fraction of sp³-hybridized carbons (Fsp3) is 0.800. The van der Waals surface area contributed by atoms with E-state index in [0.717, 1.165) is 76.9 Å². The van der Waals surface area contributed by atoms with Gasteiger partial charge in [0.25, 0.3) is 0 Å². The number of carbonyl (C=O) groups is 1. The van der Waals surface area contributed by atoms with Crippen molar-refractivity contribution in [2.75, 3.05) is 78.8 Å². The summed E-state index contributed by atoms with van der Waals surface area (Å²) in [5, 5.41) is 19.2. The van der Waals surface area contributed by atoms with Crippen LogP contribution >= 0.6 is 0 Å². The number of ether oxygens (including phenoxy) is 3. The molecule has 8 unspecified atom stereocenters. The van der Waals surface area contributed by atoms with E-state index in [1.807, 2.05) is 0 Å². The first-order chi connectivity index (χ1) is 22.9. The first-order valence-corrected chi connectivity index (χ1v) is 18.7. The second kappa shape index (κ2) is 37.1. The number of aliphatic hydroxyl groups is 1. The topological polar surface area (TPSA) is 94.6 Å². The van der Waals surface area contributed by atoms with Crippen molar-refractivity contribution in [3.8, 4) is 0 Å². The van der Waals surface area contributed by atoms with Gasteiger partial charge in [-0.25, -0.2) is 0 Å². The van der Waals surface area contributed by atoms with Crippen molar-refractivity contribution < 1.29 is 33.7 Å². The SMILES string of the molecule is C.C.C.C.C.C=CC1CC(C=C)C(COCC(O)C[N+](CC)(CC)CC)C1.C=CC1CC(C=C)C(COCC2CO2)C1.CC(=O)[O-].CCN(CC)CC. The van der Waals surface area contributed by atoms with Gasteiger partial charge in [-0.1, -0.05) is 82.2 Å². The van der Waals surface area contributed by atoms with E-state index in [0.29, 0.717) is 48.2 Å². The van der Waals surface area contributed by atoms with E-state index in [1.54, 1.807) is 0 Å². The van der Waals surface area contributed by atoms with Gasteiger partial charge in [0.05, 0.1) is 52.7 Å². The third-order valence-corrected chi connectivity index (χ3v) is 10.5.